The number of aromatic nitrogens is 2. The fourth-order valence-electron chi connectivity index (χ4n) is 4.05. The molecule has 202 valence electrons. The maximum atomic E-state index is 12.8. The molecule has 3 aromatic carbocycles. The zero-order chi connectivity index (χ0) is 28.1. The zero-order valence-corrected chi connectivity index (χ0v) is 21.7. The summed E-state index contributed by atoms with van der Waals surface area (Å²) in [6.07, 6.45) is -0.904. The number of carbonyl (C=O) groups excluding carboxylic acids is 2. The number of fused-ring (bicyclic) bond motifs is 1. The molecular weight excluding hydrogens is 502 g/mol. The van der Waals surface area contributed by atoms with Gasteiger partial charge in [-0.1, -0.05) is 36.4 Å². The van der Waals surface area contributed by atoms with Gasteiger partial charge in [-0.05, 0) is 54.8 Å². The van der Waals surface area contributed by atoms with E-state index in [2.05, 4.69) is 15.6 Å². The molecule has 11 nitrogen and oxygen atoms in total. The molecular formula is C28H29N5O6. The number of hydrogen-bond donors (Lipinski definition) is 4. The Morgan fingerprint density at radius 3 is 2.41 bits per heavy atom. The van der Waals surface area contributed by atoms with E-state index < -0.39 is 24.0 Å². The minimum Gasteiger partial charge on any atom is -0.480 e. The second-order valence-electron chi connectivity index (χ2n) is 9.00. The number of amides is 2. The first-order valence-electron chi connectivity index (χ1n) is 12.1. The number of benzene rings is 3. The molecule has 0 saturated carbocycles. The Kier molecular flexibility index (Phi) is 7.99. The Morgan fingerprint density at radius 1 is 1.05 bits per heavy atom. The van der Waals surface area contributed by atoms with E-state index in [1.807, 2.05) is 25.2 Å². The van der Waals surface area contributed by atoms with Crippen LogP contribution in [0.15, 0.2) is 60.7 Å². The molecule has 0 saturated heterocycles. The van der Waals surface area contributed by atoms with Gasteiger partial charge in [-0.3, -0.25) is 4.79 Å². The first-order valence-corrected chi connectivity index (χ1v) is 12.1. The topological polar surface area (TPSA) is 158 Å². The molecule has 1 unspecified atom stereocenters. The standard InChI is InChI=1S/C28H29N5O6/c1-16-12-19(13-17(2)24(16)39-22-11-7-10-21-23(22)32-27(29)33(21)3)25(34)30-14-20(26(35)36)31-28(37)38-15-18-8-5-4-6-9-18/h4-13,20H,14-15H2,1-3H3,(H2,29,32)(H,30,34)(H,31,37)(H,35,36). The molecule has 1 aromatic heterocycles. The Morgan fingerprint density at radius 2 is 1.74 bits per heavy atom. The molecule has 0 aliphatic rings. The highest BCUT2D eigenvalue weighted by Crippen LogP contribution is 2.34. The van der Waals surface area contributed by atoms with Crippen LogP contribution in [-0.4, -0.2) is 45.2 Å². The summed E-state index contributed by atoms with van der Waals surface area (Å²) in [5.74, 6) is -0.363. The number of alkyl carbamates (subject to hydrolysis) is 1. The number of nitrogen functional groups attached to an aromatic ring is 1. The highest BCUT2D eigenvalue weighted by atomic mass is 16.5. The summed E-state index contributed by atoms with van der Waals surface area (Å²) >= 11 is 0. The van der Waals surface area contributed by atoms with Crippen molar-refractivity contribution in [2.75, 3.05) is 12.3 Å². The smallest absolute Gasteiger partial charge is 0.408 e. The summed E-state index contributed by atoms with van der Waals surface area (Å²) in [6, 6.07) is 16.4. The van der Waals surface area contributed by atoms with Gasteiger partial charge in [-0.25, -0.2) is 14.6 Å². The quantitative estimate of drug-likeness (QED) is 0.255. The van der Waals surface area contributed by atoms with Crippen LogP contribution in [0.4, 0.5) is 10.7 Å². The minimum atomic E-state index is -1.38. The minimum absolute atomic E-state index is 0.0133. The summed E-state index contributed by atoms with van der Waals surface area (Å²) in [6.45, 7) is 3.25. The number of aryl methyl sites for hydroxylation is 3. The first-order chi connectivity index (χ1) is 18.6. The van der Waals surface area contributed by atoms with Crippen LogP contribution in [0.25, 0.3) is 11.0 Å². The Labute approximate surface area is 224 Å². The number of aliphatic carboxylic acids is 1. The third kappa shape index (κ3) is 6.27. The van der Waals surface area contributed by atoms with Crippen LogP contribution in [0.5, 0.6) is 11.5 Å². The van der Waals surface area contributed by atoms with Gasteiger partial charge in [0.1, 0.15) is 23.9 Å². The number of nitrogens with one attached hydrogen (secondary N) is 2. The van der Waals surface area contributed by atoms with Crippen LogP contribution < -0.4 is 21.1 Å². The number of rotatable bonds is 9. The molecule has 0 bridgehead atoms. The van der Waals surface area contributed by atoms with Gasteiger partial charge in [0.05, 0.1) is 5.52 Å². The van der Waals surface area contributed by atoms with Crippen molar-refractivity contribution >= 4 is 35.0 Å². The molecule has 5 N–H and O–H groups in total. The van der Waals surface area contributed by atoms with Gasteiger partial charge in [0, 0.05) is 19.2 Å². The first kappa shape index (κ1) is 27.0. The monoisotopic (exact) mass is 531 g/mol. The Bertz CT molecular complexity index is 1510. The SMILES string of the molecule is Cc1cc(C(=O)NCC(NC(=O)OCc2ccccc2)C(=O)O)cc(C)c1Oc1cccc2c1nc(N)n2C. The van der Waals surface area contributed by atoms with E-state index in [9.17, 15) is 19.5 Å². The second kappa shape index (κ2) is 11.5. The van der Waals surface area contributed by atoms with Crippen LogP contribution in [0.3, 0.4) is 0 Å². The number of hydrogen-bond acceptors (Lipinski definition) is 7. The van der Waals surface area contributed by atoms with Crippen molar-refractivity contribution in [1.29, 1.82) is 0 Å². The zero-order valence-electron chi connectivity index (χ0n) is 21.7. The van der Waals surface area contributed by atoms with Crippen LogP contribution in [0.1, 0.15) is 27.0 Å². The van der Waals surface area contributed by atoms with Crippen molar-refractivity contribution < 1.29 is 29.0 Å². The number of nitrogens with two attached hydrogens (primary N) is 1. The maximum Gasteiger partial charge on any atom is 0.408 e. The fourth-order valence-corrected chi connectivity index (χ4v) is 4.05. The molecule has 4 aromatic rings. The normalized spacial score (nSPS) is 11.6. The molecule has 0 aliphatic heterocycles. The van der Waals surface area contributed by atoms with Gasteiger partial charge in [0.15, 0.2) is 5.75 Å². The number of ether oxygens (including phenoxy) is 2. The van der Waals surface area contributed by atoms with Gasteiger partial charge in [0.2, 0.25) is 5.95 Å². The summed E-state index contributed by atoms with van der Waals surface area (Å²) < 4.78 is 13.0. The number of carboxylic acids is 1. The number of imidazole rings is 1. The Hall–Kier alpha value is -5.06. The van der Waals surface area contributed by atoms with Crippen molar-refractivity contribution in [3.8, 4) is 11.5 Å². The van der Waals surface area contributed by atoms with Crippen molar-refractivity contribution in [2.45, 2.75) is 26.5 Å². The van der Waals surface area contributed by atoms with Crippen molar-refractivity contribution in [3.63, 3.8) is 0 Å². The molecule has 4 rings (SSSR count). The van der Waals surface area contributed by atoms with Crippen LogP contribution >= 0.6 is 0 Å². The molecule has 1 heterocycles. The average molecular weight is 532 g/mol. The second-order valence-corrected chi connectivity index (χ2v) is 9.00. The molecule has 0 aliphatic carbocycles. The highest BCUT2D eigenvalue weighted by Gasteiger charge is 2.22. The van der Waals surface area contributed by atoms with Gasteiger partial charge in [-0.2, -0.15) is 0 Å². The third-order valence-electron chi connectivity index (χ3n) is 6.11. The Balaban J connectivity index is 1.40. The van der Waals surface area contributed by atoms with Crippen molar-refractivity contribution in [3.05, 3.63) is 82.9 Å². The van der Waals surface area contributed by atoms with E-state index in [-0.39, 0.29) is 13.2 Å². The van der Waals surface area contributed by atoms with Gasteiger partial charge in [-0.15, -0.1) is 0 Å². The number of nitrogens with zero attached hydrogens (tertiary/aromatic N) is 2. The summed E-state index contributed by atoms with van der Waals surface area (Å²) in [7, 11) is 1.82. The summed E-state index contributed by atoms with van der Waals surface area (Å²) in [5, 5.41) is 14.3. The predicted molar refractivity (Wildman–Crippen MR) is 145 cm³/mol. The molecule has 0 spiro atoms. The lowest BCUT2D eigenvalue weighted by Crippen LogP contribution is -2.48. The molecule has 0 radical (unpaired) electrons. The van der Waals surface area contributed by atoms with Crippen molar-refractivity contribution in [2.24, 2.45) is 7.05 Å². The van der Waals surface area contributed by atoms with E-state index in [1.165, 1.54) is 0 Å². The molecule has 1 atom stereocenters. The lowest BCUT2D eigenvalue weighted by Gasteiger charge is -2.17. The van der Waals surface area contributed by atoms with E-state index in [0.29, 0.717) is 39.7 Å². The third-order valence-corrected chi connectivity index (χ3v) is 6.11. The van der Waals surface area contributed by atoms with Gasteiger partial charge in [0.25, 0.3) is 5.91 Å². The fraction of sp³-hybridized carbons (Fsp3) is 0.214. The molecule has 0 fully saturated rings. The maximum absolute atomic E-state index is 12.8. The summed E-state index contributed by atoms with van der Waals surface area (Å²) in [5.41, 5.74) is 9.84. The lowest BCUT2D eigenvalue weighted by molar-refractivity contribution is -0.139. The van der Waals surface area contributed by atoms with Crippen LogP contribution in [0.2, 0.25) is 0 Å². The van der Waals surface area contributed by atoms with Crippen LogP contribution in [-0.2, 0) is 23.2 Å². The molecule has 39 heavy (non-hydrogen) atoms. The van der Waals surface area contributed by atoms with E-state index in [4.69, 9.17) is 15.2 Å². The average Bonchev–Trinajstić information content (AvgIpc) is 3.21. The van der Waals surface area contributed by atoms with E-state index in [1.54, 1.807) is 60.9 Å². The highest BCUT2D eigenvalue weighted by molar-refractivity contribution is 5.95. The summed E-state index contributed by atoms with van der Waals surface area (Å²) in [4.78, 5) is 41.0. The number of anilines is 1. The van der Waals surface area contributed by atoms with Gasteiger partial charge >= 0.3 is 12.1 Å². The largest absolute Gasteiger partial charge is 0.480 e. The predicted octanol–water partition coefficient (Wildman–Crippen LogP) is 3.67. The van der Waals surface area contributed by atoms with Gasteiger partial charge < -0.3 is 35.5 Å². The number of carboxylic acid groups (broad SMARTS) is 1. The van der Waals surface area contributed by atoms with E-state index >= 15 is 0 Å². The van der Waals surface area contributed by atoms with Crippen LogP contribution in [0, 0.1) is 13.8 Å². The number of carbonyl (C=O) groups is 3. The number of para-hydroxylation sites is 1. The molecule has 11 heteroatoms. The van der Waals surface area contributed by atoms with Crippen molar-refractivity contribution in [1.82, 2.24) is 20.2 Å². The molecule has 2 amide bonds. The lowest BCUT2D eigenvalue weighted by atomic mass is 10.0. The van der Waals surface area contributed by atoms with E-state index in [0.717, 1.165) is 11.1 Å².